The third-order valence-corrected chi connectivity index (χ3v) is 3.22. The van der Waals surface area contributed by atoms with Gasteiger partial charge in [-0.25, -0.2) is 0 Å². The number of aliphatic hydroxyl groups excluding tert-OH is 1. The van der Waals surface area contributed by atoms with Gasteiger partial charge in [0.1, 0.15) is 5.75 Å². The zero-order valence-electron chi connectivity index (χ0n) is 9.86. The Morgan fingerprint density at radius 2 is 1.75 bits per heavy atom. The summed E-state index contributed by atoms with van der Waals surface area (Å²) in [6.45, 7) is 1.77. The number of benzene rings is 1. The van der Waals surface area contributed by atoms with Crippen LogP contribution in [0.25, 0.3) is 0 Å². The van der Waals surface area contributed by atoms with Gasteiger partial charge in [0.25, 0.3) is 0 Å². The Kier molecular flexibility index (Phi) is 3.83. The molecule has 0 bridgehead atoms. The van der Waals surface area contributed by atoms with E-state index in [2.05, 4.69) is 0 Å². The molecule has 1 aliphatic rings. The van der Waals surface area contributed by atoms with Crippen molar-refractivity contribution in [3.8, 4) is 5.75 Å². The molecule has 0 aromatic heterocycles. The van der Waals surface area contributed by atoms with Gasteiger partial charge in [0, 0.05) is 0 Å². The van der Waals surface area contributed by atoms with E-state index in [0.717, 1.165) is 11.3 Å². The molecule has 1 aromatic rings. The Bertz CT molecular complexity index is 310. The van der Waals surface area contributed by atoms with Crippen LogP contribution in [-0.2, 0) is 0 Å². The van der Waals surface area contributed by atoms with Crippen molar-refractivity contribution in [2.24, 2.45) is 0 Å². The van der Waals surface area contributed by atoms with Crippen LogP contribution in [-0.4, -0.2) is 11.2 Å². The Morgan fingerprint density at radius 1 is 1.12 bits per heavy atom. The summed E-state index contributed by atoms with van der Waals surface area (Å²) in [7, 11) is 0. The summed E-state index contributed by atoms with van der Waals surface area (Å²) in [6, 6.07) is 7.78. The average Bonchev–Trinajstić information content (AvgIpc) is 2.31. The predicted molar refractivity (Wildman–Crippen MR) is 64.6 cm³/mol. The number of aliphatic hydroxyl groups is 1. The van der Waals surface area contributed by atoms with Crippen LogP contribution >= 0.6 is 0 Å². The molecule has 88 valence electrons. The first-order chi connectivity index (χ1) is 7.75. The minimum absolute atomic E-state index is 0.395. The van der Waals surface area contributed by atoms with Crippen molar-refractivity contribution in [3.63, 3.8) is 0 Å². The number of hydrogen-bond acceptors (Lipinski definition) is 2. The van der Waals surface area contributed by atoms with Gasteiger partial charge < -0.3 is 9.84 Å². The summed E-state index contributed by atoms with van der Waals surface area (Å²) in [5, 5.41) is 9.40. The Hall–Kier alpha value is -1.02. The summed E-state index contributed by atoms with van der Waals surface area (Å²) >= 11 is 0. The van der Waals surface area contributed by atoms with Gasteiger partial charge >= 0.3 is 0 Å². The standard InChI is InChI=1S/C14H20O2/c1-11(15)12-7-9-14(10-8-12)16-13-5-3-2-4-6-13/h7-11,13,15H,2-6H2,1H3/t11-/m1/s1. The van der Waals surface area contributed by atoms with Crippen LogP contribution in [0, 0.1) is 0 Å². The Morgan fingerprint density at radius 3 is 2.31 bits per heavy atom. The van der Waals surface area contributed by atoms with E-state index in [1.165, 1.54) is 32.1 Å². The zero-order valence-corrected chi connectivity index (χ0v) is 9.86. The van der Waals surface area contributed by atoms with Gasteiger partial charge in [0.2, 0.25) is 0 Å². The predicted octanol–water partition coefficient (Wildman–Crippen LogP) is 3.45. The average molecular weight is 220 g/mol. The molecule has 1 aliphatic carbocycles. The van der Waals surface area contributed by atoms with Crippen molar-refractivity contribution >= 4 is 0 Å². The molecule has 0 radical (unpaired) electrons. The topological polar surface area (TPSA) is 29.5 Å². The molecule has 0 spiro atoms. The second-order valence-electron chi connectivity index (χ2n) is 4.62. The van der Waals surface area contributed by atoms with Crippen molar-refractivity contribution in [3.05, 3.63) is 29.8 Å². The molecule has 0 aliphatic heterocycles. The maximum atomic E-state index is 9.40. The lowest BCUT2D eigenvalue weighted by molar-refractivity contribution is 0.154. The molecule has 1 atom stereocenters. The first kappa shape index (κ1) is 11.5. The molecule has 1 N–H and O–H groups in total. The van der Waals surface area contributed by atoms with Gasteiger partial charge in [-0.3, -0.25) is 0 Å². The molecule has 2 nitrogen and oxygen atoms in total. The maximum absolute atomic E-state index is 9.40. The quantitative estimate of drug-likeness (QED) is 0.845. The lowest BCUT2D eigenvalue weighted by atomic mass is 9.98. The van der Waals surface area contributed by atoms with E-state index in [0.29, 0.717) is 6.10 Å². The third-order valence-electron chi connectivity index (χ3n) is 3.22. The highest BCUT2D eigenvalue weighted by Crippen LogP contribution is 2.24. The van der Waals surface area contributed by atoms with E-state index in [4.69, 9.17) is 4.74 Å². The van der Waals surface area contributed by atoms with Crippen molar-refractivity contribution in [2.45, 2.75) is 51.2 Å². The van der Waals surface area contributed by atoms with Gasteiger partial charge in [-0.15, -0.1) is 0 Å². The minimum Gasteiger partial charge on any atom is -0.490 e. The zero-order chi connectivity index (χ0) is 11.4. The van der Waals surface area contributed by atoms with Crippen molar-refractivity contribution in [1.82, 2.24) is 0 Å². The summed E-state index contributed by atoms with van der Waals surface area (Å²) in [5.41, 5.74) is 0.941. The van der Waals surface area contributed by atoms with Crippen molar-refractivity contribution in [1.29, 1.82) is 0 Å². The third kappa shape index (κ3) is 2.99. The fraction of sp³-hybridized carbons (Fsp3) is 0.571. The molecule has 0 saturated heterocycles. The van der Waals surface area contributed by atoms with E-state index in [1.807, 2.05) is 24.3 Å². The van der Waals surface area contributed by atoms with Crippen molar-refractivity contribution in [2.75, 3.05) is 0 Å². The molecule has 1 fully saturated rings. The molecular weight excluding hydrogens is 200 g/mol. The van der Waals surface area contributed by atoms with Crippen LogP contribution in [0.15, 0.2) is 24.3 Å². The lowest BCUT2D eigenvalue weighted by Gasteiger charge is -2.23. The molecule has 0 amide bonds. The van der Waals surface area contributed by atoms with Crippen LogP contribution in [0.1, 0.15) is 50.7 Å². The van der Waals surface area contributed by atoms with E-state index in [9.17, 15) is 5.11 Å². The van der Waals surface area contributed by atoms with Gasteiger partial charge in [0.15, 0.2) is 0 Å². The Balaban J connectivity index is 1.93. The smallest absolute Gasteiger partial charge is 0.119 e. The Labute approximate surface area is 97.3 Å². The molecule has 2 rings (SSSR count). The largest absolute Gasteiger partial charge is 0.490 e. The monoisotopic (exact) mass is 220 g/mol. The summed E-state index contributed by atoms with van der Waals surface area (Å²) in [6.07, 6.45) is 6.28. The lowest BCUT2D eigenvalue weighted by Crippen LogP contribution is -2.19. The van der Waals surface area contributed by atoms with E-state index < -0.39 is 6.10 Å². The molecule has 0 heterocycles. The summed E-state index contributed by atoms with van der Waals surface area (Å²) in [5.74, 6) is 0.927. The second kappa shape index (κ2) is 5.35. The van der Waals surface area contributed by atoms with Gasteiger partial charge in [-0.05, 0) is 50.3 Å². The maximum Gasteiger partial charge on any atom is 0.119 e. The number of hydrogen-bond donors (Lipinski definition) is 1. The van der Waals surface area contributed by atoms with Crippen LogP contribution in [0.3, 0.4) is 0 Å². The summed E-state index contributed by atoms with van der Waals surface area (Å²) < 4.78 is 5.91. The second-order valence-corrected chi connectivity index (χ2v) is 4.62. The molecule has 1 aromatic carbocycles. The van der Waals surface area contributed by atoms with Crippen LogP contribution in [0.5, 0.6) is 5.75 Å². The van der Waals surface area contributed by atoms with Gasteiger partial charge in [-0.2, -0.15) is 0 Å². The fourth-order valence-corrected chi connectivity index (χ4v) is 2.20. The molecule has 16 heavy (non-hydrogen) atoms. The molecule has 1 saturated carbocycles. The fourth-order valence-electron chi connectivity index (χ4n) is 2.20. The van der Waals surface area contributed by atoms with Gasteiger partial charge in [-0.1, -0.05) is 18.6 Å². The molecule has 2 heteroatoms. The first-order valence-electron chi connectivity index (χ1n) is 6.20. The van der Waals surface area contributed by atoms with E-state index in [-0.39, 0.29) is 0 Å². The minimum atomic E-state index is -0.399. The van der Waals surface area contributed by atoms with Crippen molar-refractivity contribution < 1.29 is 9.84 Å². The summed E-state index contributed by atoms with van der Waals surface area (Å²) in [4.78, 5) is 0. The van der Waals surface area contributed by atoms with E-state index in [1.54, 1.807) is 6.92 Å². The van der Waals surface area contributed by atoms with Gasteiger partial charge in [0.05, 0.1) is 12.2 Å². The normalized spacial score (nSPS) is 19.4. The molecular formula is C14H20O2. The van der Waals surface area contributed by atoms with Crippen LogP contribution in [0.2, 0.25) is 0 Å². The van der Waals surface area contributed by atoms with Crippen LogP contribution < -0.4 is 4.74 Å². The van der Waals surface area contributed by atoms with E-state index >= 15 is 0 Å². The highest BCUT2D eigenvalue weighted by atomic mass is 16.5. The van der Waals surface area contributed by atoms with Crippen LogP contribution in [0.4, 0.5) is 0 Å². The SMILES string of the molecule is C[C@@H](O)c1ccc(OC2CCCCC2)cc1. The molecule has 0 unspecified atom stereocenters. The first-order valence-corrected chi connectivity index (χ1v) is 6.20. The number of ether oxygens (including phenoxy) is 1. The highest BCUT2D eigenvalue weighted by Gasteiger charge is 2.14. The number of rotatable bonds is 3. The highest BCUT2D eigenvalue weighted by molar-refractivity contribution is 5.28.